The van der Waals surface area contributed by atoms with Crippen molar-refractivity contribution in [1.29, 1.82) is 0 Å². The third-order valence-corrected chi connectivity index (χ3v) is 8.77. The molecule has 2 aliphatic heterocycles. The number of hydrogen-bond donors (Lipinski definition) is 1. The van der Waals surface area contributed by atoms with E-state index in [2.05, 4.69) is 52.3 Å². The highest BCUT2D eigenvalue weighted by molar-refractivity contribution is 5.87. The maximum absolute atomic E-state index is 14.3. The van der Waals surface area contributed by atoms with E-state index in [1.54, 1.807) is 6.92 Å². The average molecular weight is 566 g/mol. The van der Waals surface area contributed by atoms with Gasteiger partial charge in [0.25, 0.3) is 5.56 Å². The fraction of sp³-hybridized carbons (Fsp3) is 0.394. The summed E-state index contributed by atoms with van der Waals surface area (Å²) < 4.78 is 1.81. The number of likely N-dealkylation sites (tertiary alicyclic amines) is 1. The lowest BCUT2D eigenvalue weighted by molar-refractivity contribution is -0.130. The molecule has 6 rings (SSSR count). The smallest absolute Gasteiger partial charge is 0.260 e. The summed E-state index contributed by atoms with van der Waals surface area (Å²) in [5.41, 5.74) is 6.23. The number of piperazine rings is 1. The molecule has 2 aromatic carbocycles. The summed E-state index contributed by atoms with van der Waals surface area (Å²) >= 11 is 0. The van der Waals surface area contributed by atoms with Crippen molar-refractivity contribution in [3.05, 3.63) is 76.2 Å². The Morgan fingerprint density at radius 1 is 1.00 bits per heavy atom. The number of pyridine rings is 1. The number of amides is 1. The Labute approximate surface area is 246 Å². The Balaban J connectivity index is 1.40. The molecule has 0 bridgehead atoms. The molecule has 0 radical (unpaired) electrons. The summed E-state index contributed by atoms with van der Waals surface area (Å²) in [6.45, 7) is 11.0. The molecule has 2 aliphatic rings. The van der Waals surface area contributed by atoms with Crippen molar-refractivity contribution >= 4 is 34.3 Å². The molecule has 218 valence electrons. The minimum atomic E-state index is -0.173. The van der Waals surface area contributed by atoms with Crippen LogP contribution in [0.2, 0.25) is 0 Å². The van der Waals surface area contributed by atoms with Gasteiger partial charge >= 0.3 is 0 Å². The normalized spacial score (nSPS) is 18.0. The molecule has 4 aromatic rings. The molecule has 1 N–H and O–H groups in total. The number of benzene rings is 2. The zero-order valence-corrected chi connectivity index (χ0v) is 24.9. The number of hydrogen-bond acceptors (Lipinski definition) is 7. The van der Waals surface area contributed by atoms with Gasteiger partial charge in [0.05, 0.1) is 11.6 Å². The molecule has 4 heterocycles. The van der Waals surface area contributed by atoms with Gasteiger partial charge in [-0.15, -0.1) is 0 Å². The SMILES string of the molecule is CC(=O)N1CCCC(n2c(=O)c(-c3ccccc3)c(C)c3cnc(Nc4ccc(N5CCN(C)CC5)c(C)c4)nc32)C1. The fourth-order valence-electron chi connectivity index (χ4n) is 6.39. The summed E-state index contributed by atoms with van der Waals surface area (Å²) in [5, 5.41) is 4.22. The first kappa shape index (κ1) is 27.9. The van der Waals surface area contributed by atoms with Gasteiger partial charge in [0, 0.05) is 69.2 Å². The van der Waals surface area contributed by atoms with Crippen molar-refractivity contribution in [3.63, 3.8) is 0 Å². The third-order valence-electron chi connectivity index (χ3n) is 8.77. The summed E-state index contributed by atoms with van der Waals surface area (Å²) in [6.07, 6.45) is 3.46. The van der Waals surface area contributed by atoms with Crippen molar-refractivity contribution in [2.75, 3.05) is 56.5 Å². The van der Waals surface area contributed by atoms with E-state index >= 15 is 0 Å². The third kappa shape index (κ3) is 5.36. The van der Waals surface area contributed by atoms with Gasteiger partial charge in [-0.1, -0.05) is 30.3 Å². The van der Waals surface area contributed by atoms with Crippen LogP contribution < -0.4 is 15.8 Å². The monoisotopic (exact) mass is 565 g/mol. The lowest BCUT2D eigenvalue weighted by atomic mass is 9.98. The first-order valence-corrected chi connectivity index (χ1v) is 14.8. The number of piperidine rings is 1. The van der Waals surface area contributed by atoms with Crippen molar-refractivity contribution in [2.45, 2.75) is 39.7 Å². The molecule has 2 fully saturated rings. The second-order valence-corrected chi connectivity index (χ2v) is 11.6. The number of nitrogens with one attached hydrogen (secondary N) is 1. The minimum absolute atomic E-state index is 0.0276. The Hall–Kier alpha value is -4.24. The summed E-state index contributed by atoms with van der Waals surface area (Å²) in [6, 6.07) is 16.0. The lowest BCUT2D eigenvalue weighted by Crippen LogP contribution is -2.44. The van der Waals surface area contributed by atoms with Crippen LogP contribution in [0.4, 0.5) is 17.3 Å². The second kappa shape index (κ2) is 11.6. The van der Waals surface area contributed by atoms with Crippen LogP contribution in [0.3, 0.4) is 0 Å². The number of anilines is 3. The van der Waals surface area contributed by atoms with Gasteiger partial charge in [-0.2, -0.15) is 4.98 Å². The molecule has 1 atom stereocenters. The van der Waals surface area contributed by atoms with E-state index in [1.807, 2.05) is 52.9 Å². The molecule has 1 unspecified atom stereocenters. The quantitative estimate of drug-likeness (QED) is 0.374. The Bertz CT molecular complexity index is 1680. The highest BCUT2D eigenvalue weighted by Gasteiger charge is 2.28. The largest absolute Gasteiger partial charge is 0.369 e. The Morgan fingerprint density at radius 3 is 2.48 bits per heavy atom. The number of aryl methyl sites for hydroxylation is 2. The first-order valence-electron chi connectivity index (χ1n) is 14.8. The van der Waals surface area contributed by atoms with Crippen molar-refractivity contribution < 1.29 is 4.79 Å². The molecular weight excluding hydrogens is 526 g/mol. The number of fused-ring (bicyclic) bond motifs is 1. The number of likely N-dealkylation sites (N-methyl/N-ethyl adjacent to an activating group) is 1. The van der Waals surface area contributed by atoms with Gasteiger partial charge in [0.2, 0.25) is 11.9 Å². The molecule has 2 saturated heterocycles. The topological polar surface area (TPSA) is 86.6 Å². The number of rotatable bonds is 5. The van der Waals surface area contributed by atoms with E-state index in [4.69, 9.17) is 4.98 Å². The van der Waals surface area contributed by atoms with Gasteiger partial charge in [-0.05, 0) is 68.6 Å². The average Bonchev–Trinajstić information content (AvgIpc) is 2.99. The predicted octanol–water partition coefficient (Wildman–Crippen LogP) is 4.75. The first-order chi connectivity index (χ1) is 20.3. The van der Waals surface area contributed by atoms with Crippen LogP contribution in [-0.2, 0) is 4.79 Å². The lowest BCUT2D eigenvalue weighted by Gasteiger charge is -2.35. The zero-order chi connectivity index (χ0) is 29.4. The van der Waals surface area contributed by atoms with E-state index in [0.29, 0.717) is 30.2 Å². The van der Waals surface area contributed by atoms with Crippen LogP contribution in [0.5, 0.6) is 0 Å². The fourth-order valence-corrected chi connectivity index (χ4v) is 6.39. The van der Waals surface area contributed by atoms with Crippen molar-refractivity contribution in [3.8, 4) is 11.1 Å². The highest BCUT2D eigenvalue weighted by atomic mass is 16.2. The van der Waals surface area contributed by atoms with Gasteiger partial charge < -0.3 is 20.0 Å². The van der Waals surface area contributed by atoms with Gasteiger partial charge in [-0.25, -0.2) is 4.98 Å². The number of nitrogens with zero attached hydrogens (tertiary/aromatic N) is 6. The van der Waals surface area contributed by atoms with E-state index < -0.39 is 0 Å². The maximum Gasteiger partial charge on any atom is 0.260 e. The molecule has 9 nitrogen and oxygen atoms in total. The molecule has 42 heavy (non-hydrogen) atoms. The van der Waals surface area contributed by atoms with Crippen LogP contribution in [0.15, 0.2) is 59.5 Å². The molecular formula is C33H39N7O2. The van der Waals surface area contributed by atoms with Crippen LogP contribution in [-0.4, -0.2) is 76.6 Å². The van der Waals surface area contributed by atoms with E-state index in [-0.39, 0.29) is 17.5 Å². The summed E-state index contributed by atoms with van der Waals surface area (Å²) in [4.78, 5) is 42.8. The Morgan fingerprint density at radius 2 is 1.76 bits per heavy atom. The van der Waals surface area contributed by atoms with Crippen LogP contribution in [0, 0.1) is 13.8 Å². The van der Waals surface area contributed by atoms with E-state index in [9.17, 15) is 9.59 Å². The van der Waals surface area contributed by atoms with Crippen LogP contribution in [0.25, 0.3) is 22.2 Å². The van der Waals surface area contributed by atoms with Gasteiger partial charge in [0.1, 0.15) is 5.65 Å². The summed E-state index contributed by atoms with van der Waals surface area (Å²) in [5.74, 6) is 0.466. The summed E-state index contributed by atoms with van der Waals surface area (Å²) in [7, 11) is 2.16. The van der Waals surface area contributed by atoms with E-state index in [0.717, 1.165) is 61.2 Å². The molecule has 1 amide bonds. The van der Waals surface area contributed by atoms with Crippen LogP contribution >= 0.6 is 0 Å². The number of aromatic nitrogens is 3. The van der Waals surface area contributed by atoms with Gasteiger partial charge in [-0.3, -0.25) is 14.2 Å². The predicted molar refractivity (Wildman–Crippen MR) is 169 cm³/mol. The molecule has 0 saturated carbocycles. The molecule has 9 heteroatoms. The number of carbonyl (C=O) groups is 1. The molecule has 0 spiro atoms. The van der Waals surface area contributed by atoms with E-state index in [1.165, 1.54) is 11.3 Å². The Kier molecular flexibility index (Phi) is 7.68. The molecule has 2 aromatic heterocycles. The standard InChI is InChI=1S/C33H39N7O2/c1-22-19-26(12-13-29(22)38-17-15-37(4)16-18-38)35-33-34-20-28-23(2)30(25-9-6-5-7-10-25)32(42)40(31(28)36-33)27-11-8-14-39(21-27)24(3)41/h5-7,9-10,12-13,19-20,27H,8,11,14-18,21H2,1-4H3,(H,34,35,36). The van der Waals surface area contributed by atoms with Crippen molar-refractivity contribution in [1.82, 2.24) is 24.3 Å². The maximum atomic E-state index is 14.3. The number of carbonyl (C=O) groups excluding carboxylic acids is 1. The second-order valence-electron chi connectivity index (χ2n) is 11.6. The van der Waals surface area contributed by atoms with Crippen LogP contribution in [0.1, 0.15) is 36.9 Å². The zero-order valence-electron chi connectivity index (χ0n) is 24.9. The van der Waals surface area contributed by atoms with Crippen molar-refractivity contribution in [2.24, 2.45) is 0 Å². The molecule has 0 aliphatic carbocycles. The highest BCUT2D eigenvalue weighted by Crippen LogP contribution is 2.31. The van der Waals surface area contributed by atoms with Gasteiger partial charge in [0.15, 0.2) is 0 Å². The minimum Gasteiger partial charge on any atom is -0.369 e.